The van der Waals surface area contributed by atoms with Gasteiger partial charge in [-0.25, -0.2) is 0 Å². The molecular formula is C16H19N3S. The minimum Gasteiger partial charge on any atom is -0.388 e. The van der Waals surface area contributed by atoms with Crippen molar-refractivity contribution in [2.75, 3.05) is 11.4 Å². The number of unbranched alkanes of at least 4 members (excludes halogenated alkanes) is 1. The Morgan fingerprint density at radius 1 is 1.20 bits per heavy atom. The number of para-hydroxylation sites is 1. The molecule has 0 atom stereocenters. The fourth-order valence-electron chi connectivity index (χ4n) is 2.12. The molecule has 2 aromatic rings. The van der Waals surface area contributed by atoms with Crippen molar-refractivity contribution in [1.82, 2.24) is 4.98 Å². The van der Waals surface area contributed by atoms with E-state index in [4.69, 9.17) is 18.0 Å². The van der Waals surface area contributed by atoms with Gasteiger partial charge in [0, 0.05) is 18.4 Å². The third-order valence-electron chi connectivity index (χ3n) is 3.11. The van der Waals surface area contributed by atoms with E-state index in [-0.39, 0.29) is 0 Å². The van der Waals surface area contributed by atoms with Gasteiger partial charge in [-0.15, -0.1) is 0 Å². The van der Waals surface area contributed by atoms with Crippen molar-refractivity contribution in [3.63, 3.8) is 0 Å². The molecule has 0 amide bonds. The highest BCUT2D eigenvalue weighted by Crippen LogP contribution is 2.27. The average Bonchev–Trinajstić information content (AvgIpc) is 2.49. The van der Waals surface area contributed by atoms with Crippen LogP contribution in [0.1, 0.15) is 25.5 Å². The lowest BCUT2D eigenvalue weighted by Gasteiger charge is -2.26. The Balaban J connectivity index is 2.44. The van der Waals surface area contributed by atoms with E-state index in [0.717, 1.165) is 30.8 Å². The van der Waals surface area contributed by atoms with E-state index in [1.165, 1.54) is 0 Å². The smallest absolute Gasteiger partial charge is 0.124 e. The van der Waals surface area contributed by atoms with Crippen LogP contribution in [0, 0.1) is 0 Å². The largest absolute Gasteiger partial charge is 0.388 e. The van der Waals surface area contributed by atoms with Crippen molar-refractivity contribution in [3.8, 4) is 0 Å². The molecule has 1 aromatic heterocycles. The monoisotopic (exact) mass is 285 g/mol. The second kappa shape index (κ2) is 7.01. The number of thiocarbonyl (C=S) groups is 1. The third kappa shape index (κ3) is 3.33. The van der Waals surface area contributed by atoms with Gasteiger partial charge in [0.15, 0.2) is 0 Å². The molecule has 0 aliphatic rings. The second-order valence-corrected chi connectivity index (χ2v) is 5.02. The Bertz CT molecular complexity index is 569. The highest BCUT2D eigenvalue weighted by Gasteiger charge is 2.14. The number of pyridine rings is 1. The summed E-state index contributed by atoms with van der Waals surface area (Å²) in [7, 11) is 0. The van der Waals surface area contributed by atoms with Crippen LogP contribution in [-0.4, -0.2) is 16.5 Å². The molecule has 0 saturated carbocycles. The number of nitrogens with two attached hydrogens (primary N) is 1. The first kappa shape index (κ1) is 14.5. The molecule has 0 aliphatic heterocycles. The van der Waals surface area contributed by atoms with Gasteiger partial charge in [-0.1, -0.05) is 43.8 Å². The summed E-state index contributed by atoms with van der Waals surface area (Å²) in [4.78, 5) is 6.88. The predicted molar refractivity (Wildman–Crippen MR) is 88.5 cm³/mol. The van der Waals surface area contributed by atoms with Crippen LogP contribution < -0.4 is 10.6 Å². The summed E-state index contributed by atoms with van der Waals surface area (Å²) in [6.45, 7) is 3.10. The van der Waals surface area contributed by atoms with Gasteiger partial charge in [0.05, 0.1) is 5.69 Å². The summed E-state index contributed by atoms with van der Waals surface area (Å²) in [5.74, 6) is 0. The molecule has 2 N–H and O–H groups in total. The molecule has 0 radical (unpaired) electrons. The van der Waals surface area contributed by atoms with E-state index in [9.17, 15) is 0 Å². The zero-order chi connectivity index (χ0) is 14.4. The van der Waals surface area contributed by atoms with E-state index in [2.05, 4.69) is 28.9 Å². The maximum absolute atomic E-state index is 5.80. The molecule has 0 bridgehead atoms. The number of nitrogens with zero attached hydrogens (tertiary/aromatic N) is 2. The lowest BCUT2D eigenvalue weighted by molar-refractivity contribution is 0.784. The van der Waals surface area contributed by atoms with Gasteiger partial charge in [0.2, 0.25) is 0 Å². The van der Waals surface area contributed by atoms with Gasteiger partial charge in [0.25, 0.3) is 0 Å². The fraction of sp³-hybridized carbons (Fsp3) is 0.250. The summed E-state index contributed by atoms with van der Waals surface area (Å²) < 4.78 is 0. The minimum absolute atomic E-state index is 0.332. The molecule has 0 saturated heterocycles. The molecule has 0 fully saturated rings. The van der Waals surface area contributed by atoms with Crippen molar-refractivity contribution in [2.45, 2.75) is 19.8 Å². The Kier molecular flexibility index (Phi) is 5.07. The van der Waals surface area contributed by atoms with Crippen molar-refractivity contribution in [3.05, 3.63) is 54.4 Å². The standard InChI is InChI=1S/C16H19N3S/c1-2-3-12-19(13-8-5-4-6-9-13)14-10-7-11-18-15(14)16(17)20/h4-11H,2-3,12H2,1H3,(H2,17,20). The third-order valence-corrected chi connectivity index (χ3v) is 3.31. The number of hydrogen-bond donors (Lipinski definition) is 1. The molecule has 2 rings (SSSR count). The maximum Gasteiger partial charge on any atom is 0.124 e. The second-order valence-electron chi connectivity index (χ2n) is 4.58. The van der Waals surface area contributed by atoms with Crippen molar-refractivity contribution in [1.29, 1.82) is 0 Å². The number of benzene rings is 1. The van der Waals surface area contributed by atoms with Gasteiger partial charge >= 0.3 is 0 Å². The highest BCUT2D eigenvalue weighted by molar-refractivity contribution is 7.80. The molecular weight excluding hydrogens is 266 g/mol. The van der Waals surface area contributed by atoms with E-state index >= 15 is 0 Å². The molecule has 20 heavy (non-hydrogen) atoms. The van der Waals surface area contributed by atoms with Crippen molar-refractivity contribution >= 4 is 28.6 Å². The fourth-order valence-corrected chi connectivity index (χ4v) is 2.27. The Morgan fingerprint density at radius 3 is 2.60 bits per heavy atom. The van der Waals surface area contributed by atoms with Crippen LogP contribution in [0.15, 0.2) is 48.7 Å². The van der Waals surface area contributed by atoms with Crippen LogP contribution in [0.2, 0.25) is 0 Å². The van der Waals surface area contributed by atoms with Crippen LogP contribution in [-0.2, 0) is 0 Å². The normalized spacial score (nSPS) is 10.2. The summed E-state index contributed by atoms with van der Waals surface area (Å²) in [6, 6.07) is 14.2. The van der Waals surface area contributed by atoms with Gasteiger partial charge in [-0.05, 0) is 30.7 Å². The van der Waals surface area contributed by atoms with E-state index in [0.29, 0.717) is 10.7 Å². The number of rotatable bonds is 6. The van der Waals surface area contributed by atoms with Crippen LogP contribution >= 0.6 is 12.2 Å². The zero-order valence-electron chi connectivity index (χ0n) is 11.6. The molecule has 4 heteroatoms. The molecule has 0 spiro atoms. The van der Waals surface area contributed by atoms with Gasteiger partial charge in [-0.2, -0.15) is 0 Å². The number of anilines is 2. The van der Waals surface area contributed by atoms with Crippen LogP contribution in [0.4, 0.5) is 11.4 Å². The van der Waals surface area contributed by atoms with Gasteiger partial charge in [0.1, 0.15) is 10.7 Å². The van der Waals surface area contributed by atoms with Crippen molar-refractivity contribution < 1.29 is 0 Å². The topological polar surface area (TPSA) is 42.2 Å². The van der Waals surface area contributed by atoms with Gasteiger partial charge < -0.3 is 10.6 Å². The first-order chi connectivity index (χ1) is 9.74. The van der Waals surface area contributed by atoms with E-state index in [1.54, 1.807) is 6.20 Å². The molecule has 3 nitrogen and oxygen atoms in total. The molecule has 0 aliphatic carbocycles. The average molecular weight is 285 g/mol. The van der Waals surface area contributed by atoms with E-state index < -0.39 is 0 Å². The minimum atomic E-state index is 0.332. The lowest BCUT2D eigenvalue weighted by atomic mass is 10.2. The van der Waals surface area contributed by atoms with Crippen LogP contribution in [0.5, 0.6) is 0 Å². The maximum atomic E-state index is 5.80. The Labute approximate surface area is 125 Å². The number of hydrogen-bond acceptors (Lipinski definition) is 3. The summed E-state index contributed by atoms with van der Waals surface area (Å²) in [5.41, 5.74) is 8.59. The molecule has 1 heterocycles. The first-order valence-corrected chi connectivity index (χ1v) is 7.22. The summed E-state index contributed by atoms with van der Waals surface area (Å²) >= 11 is 5.12. The van der Waals surface area contributed by atoms with Crippen molar-refractivity contribution in [2.24, 2.45) is 5.73 Å². The Morgan fingerprint density at radius 2 is 1.95 bits per heavy atom. The molecule has 1 aromatic carbocycles. The molecule has 104 valence electrons. The quantitative estimate of drug-likeness (QED) is 0.823. The molecule has 0 unspecified atom stereocenters. The highest BCUT2D eigenvalue weighted by atomic mass is 32.1. The first-order valence-electron chi connectivity index (χ1n) is 6.81. The summed E-state index contributed by atoms with van der Waals surface area (Å²) in [5, 5.41) is 0. The SMILES string of the molecule is CCCCN(c1ccccc1)c1cccnc1C(N)=S. The zero-order valence-corrected chi connectivity index (χ0v) is 12.4. The lowest BCUT2D eigenvalue weighted by Crippen LogP contribution is -2.23. The van der Waals surface area contributed by atoms with Gasteiger partial charge in [-0.3, -0.25) is 4.98 Å². The predicted octanol–water partition coefficient (Wildman–Crippen LogP) is 3.65. The van der Waals surface area contributed by atoms with E-state index in [1.807, 2.05) is 30.3 Å². The number of aromatic nitrogens is 1. The van der Waals surface area contributed by atoms with Crippen LogP contribution in [0.25, 0.3) is 0 Å². The Hall–Kier alpha value is -1.94. The summed E-state index contributed by atoms with van der Waals surface area (Å²) in [6.07, 6.45) is 3.95. The van der Waals surface area contributed by atoms with Crippen LogP contribution in [0.3, 0.4) is 0 Å².